The normalized spacial score (nSPS) is 11.6. The summed E-state index contributed by atoms with van der Waals surface area (Å²) >= 11 is 1.68. The van der Waals surface area contributed by atoms with Crippen LogP contribution >= 0.6 is 11.8 Å². The van der Waals surface area contributed by atoms with Crippen LogP contribution in [0.5, 0.6) is 0 Å². The van der Waals surface area contributed by atoms with E-state index in [0.29, 0.717) is 0 Å². The summed E-state index contributed by atoms with van der Waals surface area (Å²) in [6.45, 7) is 3.64. The monoisotopic (exact) mass is 182 g/mol. The van der Waals surface area contributed by atoms with E-state index >= 15 is 0 Å². The first-order valence-corrected chi connectivity index (χ1v) is 4.97. The Bertz CT molecular complexity index is 225. The van der Waals surface area contributed by atoms with Crippen LogP contribution in [0.3, 0.4) is 0 Å². The lowest BCUT2D eigenvalue weighted by molar-refractivity contribution is 0.107. The number of benzene rings is 1. The summed E-state index contributed by atoms with van der Waals surface area (Å²) in [6, 6.07) is 10.1. The van der Waals surface area contributed by atoms with Crippen molar-refractivity contribution in [1.29, 1.82) is 0 Å². The third kappa shape index (κ3) is 3.79. The molecule has 1 aromatic carbocycles. The molecule has 0 aliphatic heterocycles. The van der Waals surface area contributed by atoms with Gasteiger partial charge in [-0.15, -0.1) is 11.8 Å². The van der Waals surface area contributed by atoms with Gasteiger partial charge in [0, 0.05) is 10.6 Å². The highest BCUT2D eigenvalue weighted by Crippen LogP contribution is 2.21. The van der Waals surface area contributed by atoms with Crippen LogP contribution in [0.15, 0.2) is 35.2 Å². The molecule has 0 fully saturated rings. The maximum Gasteiger partial charge on any atom is 0.0685 e. The van der Waals surface area contributed by atoms with E-state index in [1.165, 1.54) is 4.90 Å². The Hall–Kier alpha value is -0.470. The van der Waals surface area contributed by atoms with Crippen molar-refractivity contribution in [3.8, 4) is 0 Å². The first-order chi connectivity index (χ1) is 5.58. The van der Waals surface area contributed by atoms with Gasteiger partial charge in [0.15, 0.2) is 0 Å². The minimum Gasteiger partial charge on any atom is -0.390 e. The summed E-state index contributed by atoms with van der Waals surface area (Å²) in [6.07, 6.45) is 0. The van der Waals surface area contributed by atoms with Gasteiger partial charge >= 0.3 is 0 Å². The Morgan fingerprint density at radius 2 is 1.83 bits per heavy atom. The third-order valence-electron chi connectivity index (χ3n) is 1.34. The van der Waals surface area contributed by atoms with E-state index in [0.717, 1.165) is 5.75 Å². The SMILES string of the molecule is CC(C)(O)CSc1ccccc1. The van der Waals surface area contributed by atoms with Gasteiger partial charge in [-0.25, -0.2) is 0 Å². The zero-order chi connectivity index (χ0) is 9.03. The molecule has 2 heteroatoms. The molecular weight excluding hydrogens is 168 g/mol. The summed E-state index contributed by atoms with van der Waals surface area (Å²) in [5.74, 6) is 0.733. The van der Waals surface area contributed by atoms with Crippen LogP contribution in [0.25, 0.3) is 0 Å². The minimum absolute atomic E-state index is 0.583. The van der Waals surface area contributed by atoms with Gasteiger partial charge < -0.3 is 5.11 Å². The summed E-state index contributed by atoms with van der Waals surface area (Å²) in [5.41, 5.74) is -0.583. The molecule has 1 aromatic rings. The van der Waals surface area contributed by atoms with Crippen molar-refractivity contribution in [1.82, 2.24) is 0 Å². The fourth-order valence-corrected chi connectivity index (χ4v) is 1.65. The average molecular weight is 182 g/mol. The standard InChI is InChI=1S/C10H14OS/c1-10(2,11)8-12-9-6-4-3-5-7-9/h3-7,11H,8H2,1-2H3. The Kier molecular flexibility index (Phi) is 3.18. The molecule has 0 saturated carbocycles. The van der Waals surface area contributed by atoms with Crippen LogP contribution < -0.4 is 0 Å². The molecule has 1 rings (SSSR count). The highest BCUT2D eigenvalue weighted by atomic mass is 32.2. The topological polar surface area (TPSA) is 20.2 Å². The lowest BCUT2D eigenvalue weighted by Gasteiger charge is -2.15. The number of hydrogen-bond acceptors (Lipinski definition) is 2. The third-order valence-corrected chi connectivity index (χ3v) is 2.79. The van der Waals surface area contributed by atoms with E-state index in [1.54, 1.807) is 11.8 Å². The van der Waals surface area contributed by atoms with Crippen LogP contribution in [0, 0.1) is 0 Å². The minimum atomic E-state index is -0.583. The molecule has 0 aromatic heterocycles. The molecule has 0 atom stereocenters. The van der Waals surface area contributed by atoms with Gasteiger partial charge in [0.05, 0.1) is 5.60 Å². The van der Waals surface area contributed by atoms with Gasteiger partial charge in [-0.2, -0.15) is 0 Å². The number of rotatable bonds is 3. The molecule has 0 heterocycles. The van der Waals surface area contributed by atoms with Crippen molar-refractivity contribution in [2.24, 2.45) is 0 Å². The van der Waals surface area contributed by atoms with E-state index in [4.69, 9.17) is 0 Å². The smallest absolute Gasteiger partial charge is 0.0685 e. The summed E-state index contributed by atoms with van der Waals surface area (Å²) in [4.78, 5) is 1.21. The van der Waals surface area contributed by atoms with Crippen LogP contribution in [-0.4, -0.2) is 16.5 Å². The van der Waals surface area contributed by atoms with Gasteiger partial charge in [-0.05, 0) is 26.0 Å². The van der Waals surface area contributed by atoms with Gasteiger partial charge in [0.1, 0.15) is 0 Å². The quantitative estimate of drug-likeness (QED) is 0.725. The Morgan fingerprint density at radius 1 is 1.25 bits per heavy atom. The molecular formula is C10H14OS. The maximum absolute atomic E-state index is 9.46. The lowest BCUT2D eigenvalue weighted by Crippen LogP contribution is -2.21. The van der Waals surface area contributed by atoms with Crippen molar-refractivity contribution in [3.05, 3.63) is 30.3 Å². The van der Waals surface area contributed by atoms with Crippen LogP contribution in [0.1, 0.15) is 13.8 Å². The predicted octanol–water partition coefficient (Wildman–Crippen LogP) is 2.55. The molecule has 0 bridgehead atoms. The first kappa shape index (κ1) is 9.62. The van der Waals surface area contributed by atoms with Crippen LogP contribution in [0.4, 0.5) is 0 Å². The molecule has 0 unspecified atom stereocenters. The van der Waals surface area contributed by atoms with Crippen LogP contribution in [-0.2, 0) is 0 Å². The number of aliphatic hydroxyl groups is 1. The second kappa shape index (κ2) is 3.97. The average Bonchev–Trinajstić information content (AvgIpc) is 2.02. The summed E-state index contributed by atoms with van der Waals surface area (Å²) in [5, 5.41) is 9.46. The van der Waals surface area contributed by atoms with Gasteiger partial charge in [-0.3, -0.25) is 0 Å². The van der Waals surface area contributed by atoms with Gasteiger partial charge in [0.25, 0.3) is 0 Å². The van der Waals surface area contributed by atoms with Crippen molar-refractivity contribution < 1.29 is 5.11 Å². The molecule has 0 amide bonds. The zero-order valence-corrected chi connectivity index (χ0v) is 8.27. The van der Waals surface area contributed by atoms with Crippen molar-refractivity contribution in [2.75, 3.05) is 5.75 Å². The number of thioether (sulfide) groups is 1. The second-order valence-electron chi connectivity index (χ2n) is 3.41. The van der Waals surface area contributed by atoms with E-state index in [-0.39, 0.29) is 0 Å². The number of hydrogen-bond donors (Lipinski definition) is 1. The largest absolute Gasteiger partial charge is 0.390 e. The Balaban J connectivity index is 2.44. The molecule has 0 spiro atoms. The van der Waals surface area contributed by atoms with Crippen molar-refractivity contribution in [2.45, 2.75) is 24.3 Å². The first-order valence-electron chi connectivity index (χ1n) is 3.98. The van der Waals surface area contributed by atoms with Gasteiger partial charge in [0.2, 0.25) is 0 Å². The molecule has 0 radical (unpaired) electrons. The Labute approximate surface area is 77.8 Å². The fourth-order valence-electron chi connectivity index (χ4n) is 0.777. The fraction of sp³-hybridized carbons (Fsp3) is 0.400. The van der Waals surface area contributed by atoms with Gasteiger partial charge in [-0.1, -0.05) is 18.2 Å². The molecule has 0 aliphatic carbocycles. The summed E-state index contributed by atoms with van der Waals surface area (Å²) < 4.78 is 0. The second-order valence-corrected chi connectivity index (χ2v) is 4.46. The summed E-state index contributed by atoms with van der Waals surface area (Å²) in [7, 11) is 0. The molecule has 66 valence electrons. The maximum atomic E-state index is 9.46. The Morgan fingerprint density at radius 3 is 2.33 bits per heavy atom. The molecule has 0 saturated heterocycles. The van der Waals surface area contributed by atoms with Crippen molar-refractivity contribution in [3.63, 3.8) is 0 Å². The predicted molar refractivity (Wildman–Crippen MR) is 53.5 cm³/mol. The molecule has 0 aliphatic rings. The highest BCUT2D eigenvalue weighted by Gasteiger charge is 2.11. The highest BCUT2D eigenvalue weighted by molar-refractivity contribution is 7.99. The van der Waals surface area contributed by atoms with E-state index in [1.807, 2.05) is 32.0 Å². The lowest BCUT2D eigenvalue weighted by atomic mass is 10.2. The van der Waals surface area contributed by atoms with Crippen LogP contribution in [0.2, 0.25) is 0 Å². The molecule has 1 nitrogen and oxygen atoms in total. The van der Waals surface area contributed by atoms with E-state index < -0.39 is 5.60 Å². The van der Waals surface area contributed by atoms with E-state index in [9.17, 15) is 5.11 Å². The van der Waals surface area contributed by atoms with Crippen molar-refractivity contribution >= 4 is 11.8 Å². The molecule has 1 N–H and O–H groups in total. The molecule has 12 heavy (non-hydrogen) atoms. The zero-order valence-electron chi connectivity index (χ0n) is 7.45. The van der Waals surface area contributed by atoms with E-state index in [2.05, 4.69) is 12.1 Å².